The summed E-state index contributed by atoms with van der Waals surface area (Å²) >= 11 is 0. The Morgan fingerprint density at radius 2 is 1.76 bits per heavy atom. The average molecular weight is 294 g/mol. The van der Waals surface area contributed by atoms with Crippen LogP contribution in [0, 0.1) is 18.6 Å². The van der Waals surface area contributed by atoms with Gasteiger partial charge in [-0.05, 0) is 64.3 Å². The highest BCUT2D eigenvalue weighted by molar-refractivity contribution is 5.27. The Balaban J connectivity index is 1.78. The zero-order chi connectivity index (χ0) is 15.1. The van der Waals surface area contributed by atoms with Crippen LogP contribution in [-0.2, 0) is 0 Å². The molecular weight excluding hydrogens is 270 g/mol. The van der Waals surface area contributed by atoms with Crippen molar-refractivity contribution in [1.82, 2.24) is 10.2 Å². The lowest BCUT2D eigenvalue weighted by Gasteiger charge is -2.39. The van der Waals surface area contributed by atoms with E-state index in [1.54, 1.807) is 6.92 Å². The predicted octanol–water partition coefficient (Wildman–Crippen LogP) is 3.55. The maximum Gasteiger partial charge on any atom is 0.128 e. The SMILES string of the molecule is Cc1cc(F)c(C(C)N(C)C2CC3CCC(C2)N3)cc1F. The summed E-state index contributed by atoms with van der Waals surface area (Å²) in [5.74, 6) is -0.623. The second kappa shape index (κ2) is 5.65. The average Bonchev–Trinajstić information content (AvgIpc) is 2.79. The summed E-state index contributed by atoms with van der Waals surface area (Å²) < 4.78 is 27.9. The molecule has 1 aromatic carbocycles. The van der Waals surface area contributed by atoms with Crippen molar-refractivity contribution in [2.24, 2.45) is 0 Å². The maximum absolute atomic E-state index is 14.2. The smallest absolute Gasteiger partial charge is 0.128 e. The number of halogens is 2. The van der Waals surface area contributed by atoms with Gasteiger partial charge in [0.25, 0.3) is 0 Å². The molecule has 0 saturated carbocycles. The molecule has 2 aliphatic rings. The predicted molar refractivity (Wildman–Crippen MR) is 80.2 cm³/mol. The quantitative estimate of drug-likeness (QED) is 0.917. The minimum absolute atomic E-state index is 0.109. The zero-order valence-electron chi connectivity index (χ0n) is 13.0. The van der Waals surface area contributed by atoms with Crippen LogP contribution < -0.4 is 5.32 Å². The van der Waals surface area contributed by atoms with E-state index < -0.39 is 0 Å². The molecule has 2 nitrogen and oxygen atoms in total. The topological polar surface area (TPSA) is 15.3 Å². The number of piperidine rings is 1. The fourth-order valence-electron chi connectivity index (χ4n) is 3.88. The van der Waals surface area contributed by atoms with Gasteiger partial charge in [-0.3, -0.25) is 4.90 Å². The monoisotopic (exact) mass is 294 g/mol. The lowest BCUT2D eigenvalue weighted by molar-refractivity contribution is 0.130. The summed E-state index contributed by atoms with van der Waals surface area (Å²) in [6, 6.07) is 4.21. The van der Waals surface area contributed by atoms with Gasteiger partial charge in [-0.15, -0.1) is 0 Å². The molecule has 0 amide bonds. The lowest BCUT2D eigenvalue weighted by atomic mass is 9.95. The standard InChI is InChI=1S/C17H24F2N2/c1-10-6-17(19)15(9-16(10)18)11(2)21(3)14-7-12-4-5-13(8-14)20-12/h6,9,11-14,20H,4-5,7-8H2,1-3H3. The number of rotatable bonds is 3. The Hall–Kier alpha value is -1.00. The van der Waals surface area contributed by atoms with Crippen molar-refractivity contribution in [2.45, 2.75) is 63.7 Å². The van der Waals surface area contributed by atoms with Crippen LogP contribution in [-0.4, -0.2) is 30.1 Å². The first kappa shape index (κ1) is 14.9. The molecule has 3 atom stereocenters. The number of aryl methyl sites for hydroxylation is 1. The van der Waals surface area contributed by atoms with Crippen LogP contribution in [0.2, 0.25) is 0 Å². The van der Waals surface area contributed by atoms with E-state index in [0.29, 0.717) is 29.3 Å². The molecule has 0 spiro atoms. The van der Waals surface area contributed by atoms with Crippen molar-refractivity contribution in [3.05, 3.63) is 34.9 Å². The third-order valence-corrected chi connectivity index (χ3v) is 5.36. The normalized spacial score (nSPS) is 29.9. The van der Waals surface area contributed by atoms with Crippen molar-refractivity contribution >= 4 is 0 Å². The van der Waals surface area contributed by atoms with Crippen LogP contribution in [0.1, 0.15) is 49.8 Å². The zero-order valence-corrected chi connectivity index (χ0v) is 13.0. The molecule has 3 rings (SSSR count). The summed E-state index contributed by atoms with van der Waals surface area (Å²) in [6.45, 7) is 3.57. The van der Waals surface area contributed by atoms with Gasteiger partial charge in [0.05, 0.1) is 0 Å². The van der Waals surface area contributed by atoms with Crippen LogP contribution >= 0.6 is 0 Å². The van der Waals surface area contributed by atoms with E-state index >= 15 is 0 Å². The van der Waals surface area contributed by atoms with Crippen molar-refractivity contribution in [3.63, 3.8) is 0 Å². The van der Waals surface area contributed by atoms with E-state index in [1.807, 2.05) is 14.0 Å². The highest BCUT2D eigenvalue weighted by Gasteiger charge is 2.36. The first-order valence-corrected chi connectivity index (χ1v) is 7.89. The fraction of sp³-hybridized carbons (Fsp3) is 0.647. The largest absolute Gasteiger partial charge is 0.311 e. The van der Waals surface area contributed by atoms with E-state index in [4.69, 9.17) is 0 Å². The van der Waals surface area contributed by atoms with E-state index in [-0.39, 0.29) is 17.7 Å². The van der Waals surface area contributed by atoms with Crippen LogP contribution in [0.3, 0.4) is 0 Å². The number of fused-ring (bicyclic) bond motifs is 2. The van der Waals surface area contributed by atoms with E-state index in [9.17, 15) is 8.78 Å². The summed E-state index contributed by atoms with van der Waals surface area (Å²) in [6.07, 6.45) is 4.70. The van der Waals surface area contributed by atoms with Gasteiger partial charge < -0.3 is 5.32 Å². The molecule has 2 fully saturated rings. The van der Waals surface area contributed by atoms with E-state index in [2.05, 4.69) is 10.2 Å². The summed E-state index contributed by atoms with van der Waals surface area (Å²) in [7, 11) is 2.04. The molecule has 4 heteroatoms. The molecule has 1 N–H and O–H groups in total. The minimum atomic E-state index is -0.322. The number of nitrogens with one attached hydrogen (secondary N) is 1. The third kappa shape index (κ3) is 2.84. The van der Waals surface area contributed by atoms with Gasteiger partial charge in [0, 0.05) is 29.7 Å². The van der Waals surface area contributed by atoms with Crippen molar-refractivity contribution in [3.8, 4) is 0 Å². The highest BCUT2D eigenvalue weighted by Crippen LogP contribution is 2.33. The van der Waals surface area contributed by atoms with Gasteiger partial charge in [-0.2, -0.15) is 0 Å². The van der Waals surface area contributed by atoms with E-state index in [1.165, 1.54) is 25.0 Å². The van der Waals surface area contributed by atoms with Gasteiger partial charge in [0.15, 0.2) is 0 Å². The van der Waals surface area contributed by atoms with Crippen molar-refractivity contribution in [2.75, 3.05) is 7.05 Å². The number of nitrogens with zero attached hydrogens (tertiary/aromatic N) is 1. The van der Waals surface area contributed by atoms with Crippen LogP contribution in [0.4, 0.5) is 8.78 Å². The second-order valence-electron chi connectivity index (χ2n) is 6.73. The molecular formula is C17H24F2N2. The number of hydrogen-bond acceptors (Lipinski definition) is 2. The van der Waals surface area contributed by atoms with Gasteiger partial charge >= 0.3 is 0 Å². The third-order valence-electron chi connectivity index (χ3n) is 5.36. The Labute approximate surface area is 125 Å². The lowest BCUT2D eigenvalue weighted by Crippen LogP contribution is -2.47. The number of benzene rings is 1. The van der Waals surface area contributed by atoms with Gasteiger partial charge in [0.2, 0.25) is 0 Å². The van der Waals surface area contributed by atoms with Gasteiger partial charge in [0.1, 0.15) is 11.6 Å². The number of hydrogen-bond donors (Lipinski definition) is 1. The molecule has 0 aliphatic carbocycles. The minimum Gasteiger partial charge on any atom is -0.311 e. The summed E-state index contributed by atoms with van der Waals surface area (Å²) in [5, 5.41) is 3.62. The Morgan fingerprint density at radius 3 is 2.38 bits per heavy atom. The molecule has 2 bridgehead atoms. The van der Waals surface area contributed by atoms with Gasteiger partial charge in [-0.25, -0.2) is 8.78 Å². The van der Waals surface area contributed by atoms with Crippen molar-refractivity contribution < 1.29 is 8.78 Å². The molecule has 3 unspecified atom stereocenters. The van der Waals surface area contributed by atoms with Gasteiger partial charge in [-0.1, -0.05) is 0 Å². The van der Waals surface area contributed by atoms with E-state index in [0.717, 1.165) is 12.8 Å². The van der Waals surface area contributed by atoms with Crippen molar-refractivity contribution in [1.29, 1.82) is 0 Å². The molecule has 2 saturated heterocycles. The molecule has 0 aromatic heterocycles. The van der Waals surface area contributed by atoms with Crippen LogP contribution in [0.15, 0.2) is 12.1 Å². The van der Waals surface area contributed by atoms with Crippen LogP contribution in [0.5, 0.6) is 0 Å². The molecule has 116 valence electrons. The molecule has 0 radical (unpaired) electrons. The Kier molecular flexibility index (Phi) is 4.02. The Bertz CT molecular complexity index is 520. The molecule has 1 aromatic rings. The second-order valence-corrected chi connectivity index (χ2v) is 6.73. The first-order chi connectivity index (χ1) is 9.95. The Morgan fingerprint density at radius 1 is 1.14 bits per heavy atom. The summed E-state index contributed by atoms with van der Waals surface area (Å²) in [5.41, 5.74) is 0.831. The fourth-order valence-corrected chi connectivity index (χ4v) is 3.88. The highest BCUT2D eigenvalue weighted by atomic mass is 19.1. The molecule has 2 heterocycles. The maximum atomic E-state index is 14.2. The molecule has 2 aliphatic heterocycles. The summed E-state index contributed by atoms with van der Waals surface area (Å²) in [4.78, 5) is 2.22. The van der Waals surface area contributed by atoms with Crippen LogP contribution in [0.25, 0.3) is 0 Å². The first-order valence-electron chi connectivity index (χ1n) is 7.89. The molecule has 21 heavy (non-hydrogen) atoms.